The van der Waals surface area contributed by atoms with E-state index < -0.39 is 23.6 Å². The van der Waals surface area contributed by atoms with Crippen LogP contribution in [0, 0.1) is 6.92 Å². The number of nitrogens with one attached hydrogen (secondary N) is 3. The van der Waals surface area contributed by atoms with Crippen molar-refractivity contribution < 1.29 is 22.8 Å². The van der Waals surface area contributed by atoms with Gasteiger partial charge >= 0.3 is 6.18 Å². The second-order valence-electron chi connectivity index (χ2n) is 8.53. The van der Waals surface area contributed by atoms with E-state index in [1.54, 1.807) is 49.6 Å². The van der Waals surface area contributed by atoms with Crippen LogP contribution in [0.3, 0.4) is 0 Å². The standard InChI is InChI=1S/C27H18BrF3N6O2S/c1-14-10-18(28)21(35-23(38)15-4-2-5-17(11-15)27(29,30)31)13-20(14)34-24(39)16-6-7-19-22(12-16)40-26(36-19)37-25-32-8-3-9-33-25/h2-13H,1H3,(H,34,39)(H,35,38)(H,32,33,36,37). The Morgan fingerprint density at radius 1 is 0.875 bits per heavy atom. The average Bonchev–Trinajstić information content (AvgIpc) is 3.33. The van der Waals surface area contributed by atoms with Gasteiger partial charge in [0.25, 0.3) is 11.8 Å². The van der Waals surface area contributed by atoms with Gasteiger partial charge in [0.2, 0.25) is 5.95 Å². The van der Waals surface area contributed by atoms with E-state index in [0.29, 0.717) is 37.9 Å². The second-order valence-corrected chi connectivity index (χ2v) is 10.4. The highest BCUT2D eigenvalue weighted by Gasteiger charge is 2.31. The Morgan fingerprint density at radius 2 is 1.57 bits per heavy atom. The number of hydrogen-bond acceptors (Lipinski definition) is 7. The van der Waals surface area contributed by atoms with Crippen molar-refractivity contribution in [3.8, 4) is 0 Å². The molecule has 0 unspecified atom stereocenters. The Balaban J connectivity index is 1.33. The molecule has 3 aromatic carbocycles. The number of alkyl halides is 3. The fourth-order valence-corrected chi connectivity index (χ4v) is 5.16. The lowest BCUT2D eigenvalue weighted by Crippen LogP contribution is -2.16. The predicted molar refractivity (Wildman–Crippen MR) is 151 cm³/mol. The molecule has 0 aliphatic carbocycles. The molecule has 0 spiro atoms. The fourth-order valence-electron chi connectivity index (χ4n) is 3.71. The molecule has 0 saturated carbocycles. The molecule has 0 saturated heterocycles. The SMILES string of the molecule is Cc1cc(Br)c(NC(=O)c2cccc(C(F)(F)F)c2)cc1NC(=O)c1ccc2nc(Nc3ncccn3)sc2c1. The molecule has 40 heavy (non-hydrogen) atoms. The molecule has 5 aromatic rings. The fraction of sp³-hybridized carbons (Fsp3) is 0.0741. The summed E-state index contributed by atoms with van der Waals surface area (Å²) in [5, 5.41) is 9.04. The molecule has 0 fully saturated rings. The first kappa shape index (κ1) is 27.2. The summed E-state index contributed by atoms with van der Waals surface area (Å²) in [6.45, 7) is 1.77. The first-order chi connectivity index (χ1) is 19.1. The van der Waals surface area contributed by atoms with E-state index in [2.05, 4.69) is 46.8 Å². The maximum atomic E-state index is 13.1. The zero-order chi connectivity index (χ0) is 28.4. The number of carbonyl (C=O) groups excluding carboxylic acids is 2. The lowest BCUT2D eigenvalue weighted by molar-refractivity contribution is -0.137. The van der Waals surface area contributed by atoms with Crippen LogP contribution < -0.4 is 16.0 Å². The van der Waals surface area contributed by atoms with Gasteiger partial charge in [0.05, 0.1) is 21.5 Å². The number of aryl methyl sites for hydroxylation is 1. The summed E-state index contributed by atoms with van der Waals surface area (Å²) in [7, 11) is 0. The largest absolute Gasteiger partial charge is 0.416 e. The van der Waals surface area contributed by atoms with Crippen molar-refractivity contribution in [3.05, 3.63) is 99.8 Å². The van der Waals surface area contributed by atoms with Crippen LogP contribution >= 0.6 is 27.3 Å². The normalized spacial score (nSPS) is 11.3. The quantitative estimate of drug-likeness (QED) is 0.181. The maximum Gasteiger partial charge on any atom is 0.416 e. The molecule has 0 radical (unpaired) electrons. The molecule has 0 atom stereocenters. The van der Waals surface area contributed by atoms with E-state index >= 15 is 0 Å². The molecule has 2 aromatic heterocycles. The second kappa shape index (κ2) is 11.0. The van der Waals surface area contributed by atoms with Crippen LogP contribution in [0.25, 0.3) is 10.2 Å². The zero-order valence-corrected chi connectivity index (χ0v) is 22.9. The summed E-state index contributed by atoms with van der Waals surface area (Å²) in [5.41, 5.74) is 1.39. The molecule has 0 aliphatic heterocycles. The minimum Gasteiger partial charge on any atom is -0.322 e. The van der Waals surface area contributed by atoms with Crippen LogP contribution in [-0.2, 0) is 6.18 Å². The molecule has 202 valence electrons. The van der Waals surface area contributed by atoms with Crippen LogP contribution in [0.15, 0.2) is 77.5 Å². The van der Waals surface area contributed by atoms with E-state index in [-0.39, 0.29) is 11.3 Å². The number of benzene rings is 3. The number of anilines is 4. The van der Waals surface area contributed by atoms with Gasteiger partial charge in [-0.15, -0.1) is 0 Å². The molecule has 0 bridgehead atoms. The monoisotopic (exact) mass is 626 g/mol. The summed E-state index contributed by atoms with van der Waals surface area (Å²) in [5.74, 6) is -0.716. The van der Waals surface area contributed by atoms with Crippen molar-refractivity contribution in [2.75, 3.05) is 16.0 Å². The van der Waals surface area contributed by atoms with E-state index in [4.69, 9.17) is 0 Å². The van der Waals surface area contributed by atoms with E-state index in [0.717, 1.165) is 16.8 Å². The summed E-state index contributed by atoms with van der Waals surface area (Å²) in [4.78, 5) is 38.5. The van der Waals surface area contributed by atoms with Crippen LogP contribution in [-0.4, -0.2) is 26.8 Å². The summed E-state index contributed by atoms with van der Waals surface area (Å²) in [6, 6.07) is 14.1. The third-order valence-corrected chi connectivity index (χ3v) is 7.29. The van der Waals surface area contributed by atoms with Gasteiger partial charge in [0.15, 0.2) is 5.13 Å². The highest BCUT2D eigenvalue weighted by Crippen LogP contribution is 2.33. The van der Waals surface area contributed by atoms with Crippen molar-refractivity contribution in [1.29, 1.82) is 0 Å². The molecule has 2 amide bonds. The number of aromatic nitrogens is 3. The van der Waals surface area contributed by atoms with Crippen LogP contribution in [0.4, 0.5) is 35.6 Å². The van der Waals surface area contributed by atoms with Gasteiger partial charge in [-0.2, -0.15) is 13.2 Å². The molecular weight excluding hydrogens is 609 g/mol. The average molecular weight is 627 g/mol. The van der Waals surface area contributed by atoms with Crippen molar-refractivity contribution in [2.45, 2.75) is 13.1 Å². The molecular formula is C27H18BrF3N6O2S. The number of hydrogen-bond donors (Lipinski definition) is 3. The van der Waals surface area contributed by atoms with Crippen LogP contribution in [0.1, 0.15) is 31.8 Å². The number of thiazole rings is 1. The molecule has 13 heteroatoms. The highest BCUT2D eigenvalue weighted by atomic mass is 79.9. The molecule has 3 N–H and O–H groups in total. The summed E-state index contributed by atoms with van der Waals surface area (Å²) in [6.07, 6.45) is -1.36. The van der Waals surface area contributed by atoms with Gasteiger partial charge in [-0.25, -0.2) is 15.0 Å². The number of nitrogens with zero attached hydrogens (tertiary/aromatic N) is 3. The Labute approximate surface area is 237 Å². The Kier molecular flexibility index (Phi) is 7.50. The highest BCUT2D eigenvalue weighted by molar-refractivity contribution is 9.10. The minimum absolute atomic E-state index is 0.154. The van der Waals surface area contributed by atoms with Crippen molar-refractivity contribution in [3.63, 3.8) is 0 Å². The third kappa shape index (κ3) is 6.10. The van der Waals surface area contributed by atoms with Gasteiger partial charge in [0.1, 0.15) is 0 Å². The Hall–Kier alpha value is -4.36. The lowest BCUT2D eigenvalue weighted by Gasteiger charge is -2.14. The number of halogens is 4. The Bertz CT molecular complexity index is 1740. The van der Waals surface area contributed by atoms with Crippen LogP contribution in [0.5, 0.6) is 0 Å². The first-order valence-corrected chi connectivity index (χ1v) is 13.2. The van der Waals surface area contributed by atoms with Gasteiger partial charge < -0.3 is 16.0 Å². The zero-order valence-electron chi connectivity index (χ0n) is 20.5. The molecule has 2 heterocycles. The van der Waals surface area contributed by atoms with E-state index in [1.807, 2.05) is 0 Å². The van der Waals surface area contributed by atoms with Crippen molar-refractivity contribution >= 4 is 71.8 Å². The van der Waals surface area contributed by atoms with Crippen molar-refractivity contribution in [2.24, 2.45) is 0 Å². The number of rotatable bonds is 6. The molecule has 5 rings (SSSR count). The first-order valence-electron chi connectivity index (χ1n) is 11.6. The molecule has 8 nitrogen and oxygen atoms in total. The summed E-state index contributed by atoms with van der Waals surface area (Å²) >= 11 is 4.70. The van der Waals surface area contributed by atoms with Gasteiger partial charge in [-0.3, -0.25) is 9.59 Å². The van der Waals surface area contributed by atoms with Crippen LogP contribution in [0.2, 0.25) is 0 Å². The predicted octanol–water partition coefficient (Wildman–Crippen LogP) is 7.42. The smallest absolute Gasteiger partial charge is 0.322 e. The maximum absolute atomic E-state index is 13.1. The third-order valence-electron chi connectivity index (χ3n) is 5.70. The van der Waals surface area contributed by atoms with E-state index in [9.17, 15) is 22.8 Å². The summed E-state index contributed by atoms with van der Waals surface area (Å²) < 4.78 is 40.5. The molecule has 0 aliphatic rings. The van der Waals surface area contributed by atoms with Crippen molar-refractivity contribution in [1.82, 2.24) is 15.0 Å². The number of fused-ring (bicyclic) bond motifs is 1. The van der Waals surface area contributed by atoms with Gasteiger partial charge in [-0.05, 0) is 83.0 Å². The Morgan fingerprint density at radius 3 is 2.30 bits per heavy atom. The lowest BCUT2D eigenvalue weighted by atomic mass is 10.1. The minimum atomic E-state index is -4.57. The van der Waals surface area contributed by atoms with Gasteiger partial charge in [0, 0.05) is 33.7 Å². The van der Waals surface area contributed by atoms with E-state index in [1.165, 1.54) is 29.5 Å². The van der Waals surface area contributed by atoms with Gasteiger partial charge in [-0.1, -0.05) is 17.4 Å². The topological polar surface area (TPSA) is 109 Å². The number of carbonyl (C=O) groups is 2. The number of amides is 2.